The number of rotatable bonds is 5. The van der Waals surface area contributed by atoms with Crippen molar-refractivity contribution in [3.05, 3.63) is 35.9 Å². The Hall–Kier alpha value is -0.910. The van der Waals surface area contributed by atoms with E-state index in [0.29, 0.717) is 0 Å². The third-order valence-corrected chi connectivity index (χ3v) is 6.01. The Balaban J connectivity index is 2.23. The topological polar surface area (TPSA) is 72.2 Å². The van der Waals surface area contributed by atoms with Crippen LogP contribution in [0.15, 0.2) is 30.3 Å². The van der Waals surface area contributed by atoms with Gasteiger partial charge in [-0.1, -0.05) is 43.2 Å². The van der Waals surface area contributed by atoms with E-state index >= 15 is 0 Å². The predicted molar refractivity (Wildman–Crippen MR) is 77.2 cm³/mol. The number of nitrogens with one attached hydrogen (secondary N) is 1. The van der Waals surface area contributed by atoms with Crippen molar-refractivity contribution in [2.75, 3.05) is 6.54 Å². The summed E-state index contributed by atoms with van der Waals surface area (Å²) in [7, 11) is -3.31. The van der Waals surface area contributed by atoms with Gasteiger partial charge in [0.2, 0.25) is 10.0 Å². The van der Waals surface area contributed by atoms with Crippen molar-refractivity contribution in [1.29, 1.82) is 0 Å². The molecule has 1 atom stereocenters. The summed E-state index contributed by atoms with van der Waals surface area (Å²) in [6, 6.07) is 9.51. The maximum atomic E-state index is 12.4. The number of hydrogen-bond acceptors (Lipinski definition) is 3. The molecule has 106 valence electrons. The van der Waals surface area contributed by atoms with Crippen LogP contribution in [0.2, 0.25) is 0 Å². The molecule has 5 heteroatoms. The summed E-state index contributed by atoms with van der Waals surface area (Å²) in [6.07, 6.45) is 3.50. The van der Waals surface area contributed by atoms with Gasteiger partial charge in [0.1, 0.15) is 0 Å². The maximum absolute atomic E-state index is 12.4. The van der Waals surface area contributed by atoms with Crippen LogP contribution in [0.1, 0.15) is 38.2 Å². The fourth-order valence-corrected chi connectivity index (χ4v) is 4.57. The Morgan fingerprint density at radius 2 is 1.84 bits per heavy atom. The van der Waals surface area contributed by atoms with Crippen molar-refractivity contribution in [3.63, 3.8) is 0 Å². The molecule has 0 bridgehead atoms. The van der Waals surface area contributed by atoms with Gasteiger partial charge in [0.15, 0.2) is 0 Å². The van der Waals surface area contributed by atoms with Crippen LogP contribution in [0.3, 0.4) is 0 Å². The smallest absolute Gasteiger partial charge is 0.215 e. The van der Waals surface area contributed by atoms with Gasteiger partial charge < -0.3 is 5.73 Å². The molecule has 0 heterocycles. The molecule has 0 radical (unpaired) electrons. The van der Waals surface area contributed by atoms with Crippen LogP contribution in [-0.4, -0.2) is 20.2 Å². The van der Waals surface area contributed by atoms with Gasteiger partial charge in [0.05, 0.1) is 10.8 Å². The lowest BCUT2D eigenvalue weighted by atomic mass is 9.94. The molecule has 0 aromatic heterocycles. The first kappa shape index (κ1) is 14.5. The lowest BCUT2D eigenvalue weighted by molar-refractivity contribution is 0.436. The van der Waals surface area contributed by atoms with Crippen LogP contribution in [0, 0.1) is 0 Å². The van der Waals surface area contributed by atoms with Gasteiger partial charge in [0, 0.05) is 6.54 Å². The lowest BCUT2D eigenvalue weighted by Crippen LogP contribution is -2.51. The van der Waals surface area contributed by atoms with Crippen molar-refractivity contribution >= 4 is 10.0 Å². The normalized spacial score (nSPS) is 20.3. The molecule has 1 saturated carbocycles. The van der Waals surface area contributed by atoms with Crippen molar-refractivity contribution < 1.29 is 8.42 Å². The second kappa shape index (κ2) is 5.61. The van der Waals surface area contributed by atoms with E-state index in [-0.39, 0.29) is 11.8 Å². The molecular formula is C14H22N2O2S. The zero-order valence-corrected chi connectivity index (χ0v) is 12.1. The van der Waals surface area contributed by atoms with Gasteiger partial charge in [-0.2, -0.15) is 0 Å². The van der Waals surface area contributed by atoms with E-state index in [4.69, 9.17) is 5.73 Å². The molecule has 1 fully saturated rings. The van der Waals surface area contributed by atoms with E-state index in [2.05, 4.69) is 4.72 Å². The second-order valence-electron chi connectivity index (χ2n) is 5.46. The molecule has 0 amide bonds. The van der Waals surface area contributed by atoms with Crippen molar-refractivity contribution in [2.24, 2.45) is 5.73 Å². The van der Waals surface area contributed by atoms with Crippen LogP contribution >= 0.6 is 0 Å². The zero-order valence-electron chi connectivity index (χ0n) is 11.3. The first-order chi connectivity index (χ1) is 8.98. The van der Waals surface area contributed by atoms with Crippen molar-refractivity contribution in [2.45, 2.75) is 43.4 Å². The molecule has 0 aliphatic heterocycles. The molecule has 4 nitrogen and oxygen atoms in total. The van der Waals surface area contributed by atoms with E-state index in [1.165, 1.54) is 0 Å². The van der Waals surface area contributed by atoms with E-state index in [1.54, 1.807) is 0 Å². The van der Waals surface area contributed by atoms with Gasteiger partial charge in [-0.15, -0.1) is 0 Å². The van der Waals surface area contributed by atoms with Crippen LogP contribution in [0.5, 0.6) is 0 Å². The first-order valence-electron chi connectivity index (χ1n) is 6.76. The van der Waals surface area contributed by atoms with Gasteiger partial charge in [0.25, 0.3) is 0 Å². The van der Waals surface area contributed by atoms with E-state index in [9.17, 15) is 8.42 Å². The Morgan fingerprint density at radius 1 is 1.26 bits per heavy atom. The zero-order chi connectivity index (χ0) is 13.9. The average Bonchev–Trinajstić information content (AvgIpc) is 2.94. The highest BCUT2D eigenvalue weighted by Crippen LogP contribution is 2.27. The molecule has 1 aromatic rings. The Morgan fingerprint density at radius 3 is 2.37 bits per heavy atom. The van der Waals surface area contributed by atoms with Crippen molar-refractivity contribution in [1.82, 2.24) is 4.72 Å². The average molecular weight is 282 g/mol. The summed E-state index contributed by atoms with van der Waals surface area (Å²) in [5.41, 5.74) is 5.99. The summed E-state index contributed by atoms with van der Waals surface area (Å²) in [6.45, 7) is 2.08. The van der Waals surface area contributed by atoms with Crippen LogP contribution < -0.4 is 10.5 Å². The molecule has 19 heavy (non-hydrogen) atoms. The summed E-state index contributed by atoms with van der Waals surface area (Å²) >= 11 is 0. The Kier molecular flexibility index (Phi) is 4.28. The van der Waals surface area contributed by atoms with Crippen LogP contribution in [0.4, 0.5) is 0 Å². The molecule has 2 rings (SSSR count). The van der Waals surface area contributed by atoms with Gasteiger partial charge >= 0.3 is 0 Å². The monoisotopic (exact) mass is 282 g/mol. The molecule has 3 N–H and O–H groups in total. The number of hydrogen-bond donors (Lipinski definition) is 2. The minimum atomic E-state index is -3.31. The fourth-order valence-electron chi connectivity index (χ4n) is 2.62. The highest BCUT2D eigenvalue weighted by Gasteiger charge is 2.36. The Labute approximate surface area is 115 Å². The summed E-state index contributed by atoms with van der Waals surface area (Å²) in [5.74, 6) is 0. The standard InChI is InChI=1S/C14H22N2O2S/c1-14(11-15,12-7-3-2-4-8-12)16-19(17,18)13-9-5-6-10-13/h2-4,7-8,13,16H,5-6,9-11,15H2,1H3. The summed E-state index contributed by atoms with van der Waals surface area (Å²) < 4.78 is 27.7. The van der Waals surface area contributed by atoms with Crippen LogP contribution in [0.25, 0.3) is 0 Å². The molecule has 1 aromatic carbocycles. The van der Waals surface area contributed by atoms with Gasteiger partial charge in [-0.3, -0.25) is 0 Å². The summed E-state index contributed by atoms with van der Waals surface area (Å²) in [4.78, 5) is 0. The molecule has 0 saturated heterocycles. The Bertz CT molecular complexity index is 510. The highest BCUT2D eigenvalue weighted by molar-refractivity contribution is 7.90. The molecular weight excluding hydrogens is 260 g/mol. The number of sulfonamides is 1. The number of benzene rings is 1. The van der Waals surface area contributed by atoms with E-state index in [0.717, 1.165) is 31.2 Å². The third kappa shape index (κ3) is 3.16. The lowest BCUT2D eigenvalue weighted by Gasteiger charge is -2.31. The highest BCUT2D eigenvalue weighted by atomic mass is 32.2. The van der Waals surface area contributed by atoms with Crippen molar-refractivity contribution in [3.8, 4) is 0 Å². The van der Waals surface area contributed by atoms with Gasteiger partial charge in [-0.05, 0) is 25.3 Å². The molecule has 1 unspecified atom stereocenters. The minimum absolute atomic E-state index is 0.239. The summed E-state index contributed by atoms with van der Waals surface area (Å²) in [5, 5.41) is -0.262. The molecule has 0 spiro atoms. The number of nitrogens with two attached hydrogens (primary N) is 1. The maximum Gasteiger partial charge on any atom is 0.215 e. The van der Waals surface area contributed by atoms with Crippen LogP contribution in [-0.2, 0) is 15.6 Å². The van der Waals surface area contributed by atoms with E-state index in [1.807, 2.05) is 37.3 Å². The van der Waals surface area contributed by atoms with E-state index < -0.39 is 15.6 Å². The predicted octanol–water partition coefficient (Wildman–Crippen LogP) is 1.72. The first-order valence-corrected chi connectivity index (χ1v) is 8.31. The fraction of sp³-hybridized carbons (Fsp3) is 0.571. The second-order valence-corrected chi connectivity index (χ2v) is 7.42. The quantitative estimate of drug-likeness (QED) is 0.863. The molecule has 1 aliphatic rings. The minimum Gasteiger partial charge on any atom is -0.328 e. The molecule has 1 aliphatic carbocycles. The third-order valence-electron chi connectivity index (χ3n) is 3.93. The SMILES string of the molecule is CC(CN)(NS(=O)(=O)C1CCCC1)c1ccccc1. The largest absolute Gasteiger partial charge is 0.328 e. The van der Waals surface area contributed by atoms with Gasteiger partial charge in [-0.25, -0.2) is 13.1 Å².